The third-order valence-electron chi connectivity index (χ3n) is 4.63. The van der Waals surface area contributed by atoms with Gasteiger partial charge in [0, 0.05) is 24.5 Å². The molecule has 0 saturated carbocycles. The third-order valence-corrected chi connectivity index (χ3v) is 4.63. The highest BCUT2D eigenvalue weighted by atomic mass is 14.9. The van der Waals surface area contributed by atoms with E-state index in [0.717, 1.165) is 39.0 Å². The molecule has 2 aromatic rings. The Morgan fingerprint density at radius 1 is 0.560 bits per heavy atom. The van der Waals surface area contributed by atoms with E-state index in [1.807, 2.05) is 0 Å². The Labute approximate surface area is 153 Å². The summed E-state index contributed by atoms with van der Waals surface area (Å²) in [5.74, 6) is 0. The first-order valence-corrected chi connectivity index (χ1v) is 9.40. The van der Waals surface area contributed by atoms with E-state index in [0.29, 0.717) is 0 Å². The fourth-order valence-corrected chi connectivity index (χ4v) is 3.17. The maximum Gasteiger partial charge on any atom is 0.0399 e. The van der Waals surface area contributed by atoms with Crippen molar-refractivity contribution in [3.63, 3.8) is 0 Å². The number of hydrogen-bond donors (Lipinski definition) is 3. The summed E-state index contributed by atoms with van der Waals surface area (Å²) in [6.07, 6.45) is 2.27. The van der Waals surface area contributed by atoms with Gasteiger partial charge in [0.2, 0.25) is 0 Å². The van der Waals surface area contributed by atoms with Gasteiger partial charge < -0.3 is 16.0 Å². The number of rotatable bonds is 10. The highest BCUT2D eigenvalue weighted by molar-refractivity contribution is 5.57. The van der Waals surface area contributed by atoms with Gasteiger partial charge in [-0.05, 0) is 75.9 Å². The molecule has 0 saturated heterocycles. The average molecular weight is 340 g/mol. The van der Waals surface area contributed by atoms with Crippen molar-refractivity contribution in [2.45, 2.75) is 40.5 Å². The minimum atomic E-state index is 1.01. The Morgan fingerprint density at radius 3 is 1.28 bits per heavy atom. The first-order chi connectivity index (χ1) is 12.1. The van der Waals surface area contributed by atoms with E-state index >= 15 is 0 Å². The van der Waals surface area contributed by atoms with Gasteiger partial charge in [-0.1, -0.05) is 36.4 Å². The molecule has 0 aliphatic carbocycles. The predicted octanol–water partition coefficient (Wildman–Crippen LogP) is 4.81. The maximum atomic E-state index is 3.56. The van der Waals surface area contributed by atoms with Gasteiger partial charge in [-0.3, -0.25) is 0 Å². The number of para-hydroxylation sites is 2. The number of nitrogens with one attached hydrogen (secondary N) is 3. The highest BCUT2D eigenvalue weighted by Crippen LogP contribution is 2.19. The lowest BCUT2D eigenvalue weighted by molar-refractivity contribution is 0.642. The first kappa shape index (κ1) is 19.3. The summed E-state index contributed by atoms with van der Waals surface area (Å²) in [5, 5.41) is 10.7. The van der Waals surface area contributed by atoms with E-state index in [9.17, 15) is 0 Å². The maximum absolute atomic E-state index is 3.56. The van der Waals surface area contributed by atoms with E-state index in [1.165, 1.54) is 33.6 Å². The Bertz CT molecular complexity index is 566. The van der Waals surface area contributed by atoms with Crippen molar-refractivity contribution >= 4 is 11.4 Å². The van der Waals surface area contributed by atoms with E-state index < -0.39 is 0 Å². The molecule has 25 heavy (non-hydrogen) atoms. The monoisotopic (exact) mass is 339 g/mol. The smallest absolute Gasteiger partial charge is 0.0399 e. The van der Waals surface area contributed by atoms with Crippen LogP contribution in [0.2, 0.25) is 0 Å². The molecule has 0 bridgehead atoms. The van der Waals surface area contributed by atoms with E-state index in [2.05, 4.69) is 80.0 Å². The fourth-order valence-electron chi connectivity index (χ4n) is 3.17. The van der Waals surface area contributed by atoms with Crippen LogP contribution in [0.5, 0.6) is 0 Å². The summed E-state index contributed by atoms with van der Waals surface area (Å²) in [4.78, 5) is 0. The molecule has 0 amide bonds. The van der Waals surface area contributed by atoms with Crippen molar-refractivity contribution in [1.82, 2.24) is 5.32 Å². The van der Waals surface area contributed by atoms with Crippen molar-refractivity contribution in [3.8, 4) is 0 Å². The van der Waals surface area contributed by atoms with Crippen LogP contribution in [0, 0.1) is 27.7 Å². The zero-order valence-electron chi connectivity index (χ0n) is 16.2. The molecule has 136 valence electrons. The van der Waals surface area contributed by atoms with Gasteiger partial charge in [0.25, 0.3) is 0 Å². The second-order valence-corrected chi connectivity index (χ2v) is 6.84. The van der Waals surface area contributed by atoms with Crippen LogP contribution in [0.3, 0.4) is 0 Å². The fraction of sp³-hybridized carbons (Fsp3) is 0.455. The van der Waals surface area contributed by atoms with Gasteiger partial charge in [-0.15, -0.1) is 0 Å². The standard InChI is InChI=1S/C22H33N3/c1-17-9-5-10-18(2)21(17)24-15-7-13-23-14-8-16-25-22-19(3)11-6-12-20(22)4/h5-6,9-12,23-25H,7-8,13-16H2,1-4H3. The molecule has 0 aliphatic heterocycles. The molecule has 0 radical (unpaired) electrons. The summed E-state index contributed by atoms with van der Waals surface area (Å²) in [7, 11) is 0. The Balaban J connectivity index is 1.54. The largest absolute Gasteiger partial charge is 0.385 e. The predicted molar refractivity (Wildman–Crippen MR) is 111 cm³/mol. The lowest BCUT2D eigenvalue weighted by Crippen LogP contribution is -2.21. The van der Waals surface area contributed by atoms with Gasteiger partial charge >= 0.3 is 0 Å². The number of hydrogen-bond acceptors (Lipinski definition) is 3. The first-order valence-electron chi connectivity index (χ1n) is 9.40. The summed E-state index contributed by atoms with van der Waals surface area (Å²) in [6, 6.07) is 12.9. The van der Waals surface area contributed by atoms with E-state index in [4.69, 9.17) is 0 Å². The van der Waals surface area contributed by atoms with Crippen molar-refractivity contribution in [2.75, 3.05) is 36.8 Å². The molecule has 0 fully saturated rings. The lowest BCUT2D eigenvalue weighted by atomic mass is 10.1. The molecular weight excluding hydrogens is 306 g/mol. The van der Waals surface area contributed by atoms with Crippen molar-refractivity contribution < 1.29 is 0 Å². The van der Waals surface area contributed by atoms with Crippen LogP contribution in [-0.2, 0) is 0 Å². The van der Waals surface area contributed by atoms with Gasteiger partial charge in [0.1, 0.15) is 0 Å². The molecule has 0 heterocycles. The van der Waals surface area contributed by atoms with Gasteiger partial charge in [-0.25, -0.2) is 0 Å². The van der Waals surface area contributed by atoms with E-state index in [1.54, 1.807) is 0 Å². The van der Waals surface area contributed by atoms with Crippen molar-refractivity contribution in [2.24, 2.45) is 0 Å². The summed E-state index contributed by atoms with van der Waals surface area (Å²) < 4.78 is 0. The van der Waals surface area contributed by atoms with Crippen molar-refractivity contribution in [1.29, 1.82) is 0 Å². The second-order valence-electron chi connectivity index (χ2n) is 6.84. The molecular formula is C22H33N3. The van der Waals surface area contributed by atoms with Crippen LogP contribution in [0.15, 0.2) is 36.4 Å². The lowest BCUT2D eigenvalue weighted by Gasteiger charge is -2.13. The zero-order valence-corrected chi connectivity index (χ0v) is 16.2. The van der Waals surface area contributed by atoms with Crippen LogP contribution in [-0.4, -0.2) is 26.2 Å². The molecule has 3 nitrogen and oxygen atoms in total. The molecule has 0 aromatic heterocycles. The third kappa shape index (κ3) is 6.09. The molecule has 2 aromatic carbocycles. The van der Waals surface area contributed by atoms with Crippen LogP contribution in [0.4, 0.5) is 11.4 Å². The molecule has 2 rings (SSSR count). The Morgan fingerprint density at radius 2 is 0.920 bits per heavy atom. The molecule has 3 heteroatoms. The number of benzene rings is 2. The number of anilines is 2. The van der Waals surface area contributed by atoms with Crippen LogP contribution in [0.1, 0.15) is 35.1 Å². The molecule has 0 spiro atoms. The van der Waals surface area contributed by atoms with E-state index in [-0.39, 0.29) is 0 Å². The van der Waals surface area contributed by atoms with Crippen molar-refractivity contribution in [3.05, 3.63) is 58.7 Å². The van der Waals surface area contributed by atoms with Gasteiger partial charge in [0.15, 0.2) is 0 Å². The van der Waals surface area contributed by atoms with Gasteiger partial charge in [0.05, 0.1) is 0 Å². The average Bonchev–Trinajstić information content (AvgIpc) is 2.57. The minimum Gasteiger partial charge on any atom is -0.385 e. The molecule has 0 unspecified atom stereocenters. The molecule has 0 aliphatic rings. The van der Waals surface area contributed by atoms with Crippen LogP contribution >= 0.6 is 0 Å². The van der Waals surface area contributed by atoms with Gasteiger partial charge in [-0.2, -0.15) is 0 Å². The minimum absolute atomic E-state index is 1.01. The zero-order chi connectivity index (χ0) is 18.1. The Hall–Kier alpha value is -2.00. The Kier molecular flexibility index (Phi) is 7.80. The summed E-state index contributed by atoms with van der Waals surface area (Å²) >= 11 is 0. The SMILES string of the molecule is Cc1cccc(C)c1NCCCNCCCNc1c(C)cccc1C. The van der Waals surface area contributed by atoms with Crippen LogP contribution < -0.4 is 16.0 Å². The second kappa shape index (κ2) is 10.1. The highest BCUT2D eigenvalue weighted by Gasteiger charge is 2.01. The number of aryl methyl sites for hydroxylation is 4. The van der Waals surface area contributed by atoms with Crippen LogP contribution in [0.25, 0.3) is 0 Å². The molecule has 3 N–H and O–H groups in total. The summed E-state index contributed by atoms with van der Waals surface area (Å²) in [6.45, 7) is 12.8. The summed E-state index contributed by atoms with van der Waals surface area (Å²) in [5.41, 5.74) is 7.88. The quantitative estimate of drug-likeness (QED) is 0.543. The normalized spacial score (nSPS) is 10.7. The topological polar surface area (TPSA) is 36.1 Å². The molecule has 0 atom stereocenters.